The Morgan fingerprint density at radius 3 is 2.71 bits per heavy atom. The first-order valence-electron chi connectivity index (χ1n) is 7.64. The molecule has 24 heavy (non-hydrogen) atoms. The number of aromatic nitrogens is 1. The molecule has 1 aromatic heterocycles. The summed E-state index contributed by atoms with van der Waals surface area (Å²) in [6.07, 6.45) is 1.53. The van der Waals surface area contributed by atoms with Gasteiger partial charge in [0.25, 0.3) is 5.91 Å². The van der Waals surface area contributed by atoms with Crippen molar-refractivity contribution in [3.05, 3.63) is 52.8 Å². The highest BCUT2D eigenvalue weighted by Crippen LogP contribution is 2.41. The van der Waals surface area contributed by atoms with Gasteiger partial charge in [-0.05, 0) is 29.8 Å². The number of halogens is 1. The Morgan fingerprint density at radius 2 is 2.04 bits per heavy atom. The summed E-state index contributed by atoms with van der Waals surface area (Å²) in [6, 6.07) is 8.89. The van der Waals surface area contributed by atoms with Gasteiger partial charge in [0.05, 0.1) is 5.56 Å². The second-order valence-electron chi connectivity index (χ2n) is 6.52. The predicted molar refractivity (Wildman–Crippen MR) is 94.7 cm³/mol. The highest BCUT2D eigenvalue weighted by atomic mass is 35.5. The molecule has 0 bridgehead atoms. The second-order valence-corrected chi connectivity index (χ2v) is 6.87. The van der Waals surface area contributed by atoms with Gasteiger partial charge in [0.15, 0.2) is 0 Å². The number of hydrogen-bond acceptors (Lipinski definition) is 3. The van der Waals surface area contributed by atoms with Crippen molar-refractivity contribution >= 4 is 34.8 Å². The van der Waals surface area contributed by atoms with E-state index in [1.165, 1.54) is 6.20 Å². The van der Waals surface area contributed by atoms with E-state index in [2.05, 4.69) is 24.1 Å². The minimum absolute atomic E-state index is 0.0133. The van der Waals surface area contributed by atoms with E-state index in [9.17, 15) is 9.59 Å². The Balaban J connectivity index is 1.92. The first-order chi connectivity index (χ1) is 11.3. The number of carbonyl (C=O) groups excluding carboxylic acids is 2. The zero-order valence-corrected chi connectivity index (χ0v) is 14.5. The number of benzene rings is 1. The van der Waals surface area contributed by atoms with Gasteiger partial charge in [0, 0.05) is 36.5 Å². The molecule has 1 aliphatic rings. The smallest absolute Gasteiger partial charge is 0.258 e. The van der Waals surface area contributed by atoms with E-state index in [1.807, 2.05) is 18.2 Å². The molecule has 0 unspecified atom stereocenters. The van der Waals surface area contributed by atoms with Crippen LogP contribution in [0, 0.1) is 0 Å². The molecule has 1 aromatic carbocycles. The number of hydrogen-bond donors (Lipinski definition) is 1. The Bertz CT molecular complexity index is 833. The maximum atomic E-state index is 12.4. The molecule has 0 saturated carbocycles. The third kappa shape index (κ3) is 2.87. The lowest BCUT2D eigenvalue weighted by Gasteiger charge is -2.19. The summed E-state index contributed by atoms with van der Waals surface area (Å²) in [6.45, 7) is 6.38. The number of amides is 2. The molecule has 1 aliphatic heterocycles. The fourth-order valence-corrected chi connectivity index (χ4v) is 3.21. The van der Waals surface area contributed by atoms with Gasteiger partial charge in [0.2, 0.25) is 5.91 Å². The molecular formula is C18H18ClN3O2. The summed E-state index contributed by atoms with van der Waals surface area (Å²) in [5.41, 5.74) is 2.74. The second kappa shape index (κ2) is 5.91. The van der Waals surface area contributed by atoms with Crippen LogP contribution in [0.1, 0.15) is 36.7 Å². The molecule has 0 saturated heterocycles. The van der Waals surface area contributed by atoms with Gasteiger partial charge in [0.1, 0.15) is 5.15 Å². The molecule has 3 rings (SSSR count). The van der Waals surface area contributed by atoms with Crippen LogP contribution in [0.5, 0.6) is 0 Å². The summed E-state index contributed by atoms with van der Waals surface area (Å²) in [5, 5.41) is 2.97. The van der Waals surface area contributed by atoms with Crippen molar-refractivity contribution in [3.8, 4) is 0 Å². The highest BCUT2D eigenvalue weighted by molar-refractivity contribution is 6.33. The monoisotopic (exact) mass is 343 g/mol. The summed E-state index contributed by atoms with van der Waals surface area (Å²) in [4.78, 5) is 29.9. The van der Waals surface area contributed by atoms with Gasteiger partial charge < -0.3 is 10.2 Å². The molecule has 0 fully saturated rings. The third-order valence-electron chi connectivity index (χ3n) is 4.21. The van der Waals surface area contributed by atoms with Gasteiger partial charge in [-0.3, -0.25) is 9.59 Å². The Hall–Kier alpha value is -2.40. The van der Waals surface area contributed by atoms with Crippen LogP contribution in [0.25, 0.3) is 0 Å². The van der Waals surface area contributed by atoms with Crippen molar-refractivity contribution in [2.75, 3.05) is 16.8 Å². The van der Waals surface area contributed by atoms with Crippen molar-refractivity contribution in [2.45, 2.75) is 26.2 Å². The topological polar surface area (TPSA) is 62.3 Å². The summed E-state index contributed by atoms with van der Waals surface area (Å²) in [5.74, 6) is -0.347. The quantitative estimate of drug-likeness (QED) is 0.847. The SMILES string of the molecule is CC(=O)N1CC(C)(C)c2ccc(NC(=O)c3cccnc3Cl)cc21. The molecule has 5 nitrogen and oxygen atoms in total. The van der Waals surface area contributed by atoms with E-state index in [-0.39, 0.29) is 22.4 Å². The number of fused-ring (bicyclic) bond motifs is 1. The molecule has 2 aromatic rings. The normalized spacial score (nSPS) is 15.1. The van der Waals surface area contributed by atoms with Crippen molar-refractivity contribution < 1.29 is 9.59 Å². The van der Waals surface area contributed by atoms with E-state index in [0.29, 0.717) is 17.8 Å². The number of nitrogens with one attached hydrogen (secondary N) is 1. The van der Waals surface area contributed by atoms with E-state index in [4.69, 9.17) is 11.6 Å². The lowest BCUT2D eigenvalue weighted by atomic mass is 9.87. The zero-order valence-electron chi connectivity index (χ0n) is 13.8. The predicted octanol–water partition coefficient (Wildman–Crippen LogP) is 3.63. The van der Waals surface area contributed by atoms with Crippen LogP contribution in [0.3, 0.4) is 0 Å². The Kier molecular flexibility index (Phi) is 4.05. The first-order valence-corrected chi connectivity index (χ1v) is 8.02. The molecule has 6 heteroatoms. The lowest BCUT2D eigenvalue weighted by Crippen LogP contribution is -2.32. The van der Waals surface area contributed by atoms with Crippen LogP contribution in [-0.2, 0) is 10.2 Å². The lowest BCUT2D eigenvalue weighted by molar-refractivity contribution is -0.116. The number of rotatable bonds is 2. The molecule has 0 radical (unpaired) electrons. The van der Waals surface area contributed by atoms with E-state index in [0.717, 1.165) is 11.3 Å². The van der Waals surface area contributed by atoms with Gasteiger partial charge in [-0.25, -0.2) is 4.98 Å². The minimum Gasteiger partial charge on any atom is -0.322 e. The highest BCUT2D eigenvalue weighted by Gasteiger charge is 2.36. The number of nitrogens with zero attached hydrogens (tertiary/aromatic N) is 2. The minimum atomic E-state index is -0.334. The fraction of sp³-hybridized carbons (Fsp3) is 0.278. The number of pyridine rings is 1. The number of carbonyl (C=O) groups is 2. The Morgan fingerprint density at radius 1 is 1.29 bits per heavy atom. The average molecular weight is 344 g/mol. The molecule has 1 N–H and O–H groups in total. The zero-order chi connectivity index (χ0) is 17.5. The van der Waals surface area contributed by atoms with Crippen LogP contribution in [0.4, 0.5) is 11.4 Å². The molecular weight excluding hydrogens is 326 g/mol. The maximum absolute atomic E-state index is 12.4. The molecule has 0 aliphatic carbocycles. The summed E-state index contributed by atoms with van der Waals surface area (Å²) >= 11 is 5.96. The van der Waals surface area contributed by atoms with Crippen LogP contribution >= 0.6 is 11.6 Å². The van der Waals surface area contributed by atoms with Crippen molar-refractivity contribution in [2.24, 2.45) is 0 Å². The first kappa shape index (κ1) is 16.5. The third-order valence-corrected chi connectivity index (χ3v) is 4.51. The maximum Gasteiger partial charge on any atom is 0.258 e. The molecule has 0 spiro atoms. The van der Waals surface area contributed by atoms with Gasteiger partial charge in [-0.1, -0.05) is 31.5 Å². The number of anilines is 2. The van der Waals surface area contributed by atoms with Gasteiger partial charge >= 0.3 is 0 Å². The van der Waals surface area contributed by atoms with Crippen LogP contribution in [-0.4, -0.2) is 23.3 Å². The fourth-order valence-electron chi connectivity index (χ4n) is 3.01. The van der Waals surface area contributed by atoms with Crippen molar-refractivity contribution in [3.63, 3.8) is 0 Å². The van der Waals surface area contributed by atoms with Crippen molar-refractivity contribution in [1.29, 1.82) is 0 Å². The van der Waals surface area contributed by atoms with E-state index >= 15 is 0 Å². The van der Waals surface area contributed by atoms with E-state index in [1.54, 1.807) is 24.0 Å². The Labute approximate surface area is 145 Å². The van der Waals surface area contributed by atoms with Crippen LogP contribution < -0.4 is 10.2 Å². The summed E-state index contributed by atoms with van der Waals surface area (Å²) < 4.78 is 0. The van der Waals surface area contributed by atoms with Crippen LogP contribution in [0.15, 0.2) is 36.5 Å². The molecule has 124 valence electrons. The van der Waals surface area contributed by atoms with Gasteiger partial charge in [-0.2, -0.15) is 0 Å². The average Bonchev–Trinajstić information content (AvgIpc) is 2.79. The van der Waals surface area contributed by atoms with Crippen LogP contribution in [0.2, 0.25) is 5.15 Å². The summed E-state index contributed by atoms with van der Waals surface area (Å²) in [7, 11) is 0. The molecule has 2 heterocycles. The largest absolute Gasteiger partial charge is 0.322 e. The van der Waals surface area contributed by atoms with Crippen molar-refractivity contribution in [1.82, 2.24) is 4.98 Å². The molecule has 2 amide bonds. The molecule has 0 atom stereocenters. The standard InChI is InChI=1S/C18H18ClN3O2/c1-11(23)22-10-18(2,3)14-7-6-12(9-15(14)22)21-17(24)13-5-4-8-20-16(13)19/h4-9H,10H2,1-3H3,(H,21,24). The van der Waals surface area contributed by atoms with E-state index < -0.39 is 0 Å². The van der Waals surface area contributed by atoms with Gasteiger partial charge in [-0.15, -0.1) is 0 Å².